The number of halogens is 4. The number of anilines is 1. The van der Waals surface area contributed by atoms with Crippen LogP contribution in [-0.4, -0.2) is 29.3 Å². The molecule has 4 nitrogen and oxygen atoms in total. The highest BCUT2D eigenvalue weighted by Crippen LogP contribution is 2.24. The minimum absolute atomic E-state index is 0.236. The normalized spacial score (nSPS) is 11.7. The molecule has 0 unspecified atom stereocenters. The zero-order valence-corrected chi connectivity index (χ0v) is 12.2. The average molecular weight is 342 g/mol. The number of alkyl halides is 3. The SMILES string of the molecule is CCNc1nc(COCC(F)(F)F)nc(CC)c1Br. The zero-order valence-electron chi connectivity index (χ0n) is 10.6. The van der Waals surface area contributed by atoms with E-state index in [1.807, 2.05) is 13.8 Å². The molecule has 0 saturated carbocycles. The molecule has 0 saturated heterocycles. The maximum absolute atomic E-state index is 12.0. The van der Waals surface area contributed by atoms with Crippen LogP contribution in [0.1, 0.15) is 25.4 Å². The number of hydrogen-bond acceptors (Lipinski definition) is 4. The number of nitrogens with one attached hydrogen (secondary N) is 1. The van der Waals surface area contributed by atoms with Crippen LogP contribution in [0.15, 0.2) is 4.47 Å². The molecule has 0 atom stereocenters. The van der Waals surface area contributed by atoms with Crippen molar-refractivity contribution in [2.75, 3.05) is 18.5 Å². The average Bonchev–Trinajstić information content (AvgIpc) is 2.31. The van der Waals surface area contributed by atoms with Gasteiger partial charge < -0.3 is 10.1 Å². The van der Waals surface area contributed by atoms with Crippen molar-refractivity contribution in [2.45, 2.75) is 33.1 Å². The van der Waals surface area contributed by atoms with Gasteiger partial charge in [-0.2, -0.15) is 13.2 Å². The van der Waals surface area contributed by atoms with Gasteiger partial charge in [0.15, 0.2) is 5.82 Å². The lowest BCUT2D eigenvalue weighted by Crippen LogP contribution is -2.18. The van der Waals surface area contributed by atoms with Crippen molar-refractivity contribution in [1.82, 2.24) is 9.97 Å². The fraction of sp³-hybridized carbons (Fsp3) is 0.636. The second kappa shape index (κ2) is 7.04. The summed E-state index contributed by atoms with van der Waals surface area (Å²) in [6.07, 6.45) is -3.69. The van der Waals surface area contributed by atoms with Crippen molar-refractivity contribution < 1.29 is 17.9 Å². The summed E-state index contributed by atoms with van der Waals surface area (Å²) in [5, 5.41) is 3.02. The van der Waals surface area contributed by atoms with Crippen molar-refractivity contribution in [3.05, 3.63) is 16.0 Å². The summed E-state index contributed by atoms with van der Waals surface area (Å²) in [5.41, 5.74) is 0.733. The Labute approximate surface area is 117 Å². The Balaban J connectivity index is 2.80. The van der Waals surface area contributed by atoms with Crippen LogP contribution in [-0.2, 0) is 17.8 Å². The minimum Gasteiger partial charge on any atom is -0.369 e. The van der Waals surface area contributed by atoms with Crippen molar-refractivity contribution in [2.24, 2.45) is 0 Å². The molecule has 0 spiro atoms. The highest BCUT2D eigenvalue weighted by molar-refractivity contribution is 9.10. The van der Waals surface area contributed by atoms with Gasteiger partial charge >= 0.3 is 6.18 Å². The number of nitrogens with zero attached hydrogens (tertiary/aromatic N) is 2. The molecule has 8 heteroatoms. The molecule has 108 valence electrons. The second-order valence-electron chi connectivity index (χ2n) is 3.74. The first-order chi connectivity index (χ1) is 8.87. The molecule has 1 heterocycles. The third kappa shape index (κ3) is 5.32. The van der Waals surface area contributed by atoms with Gasteiger partial charge in [0.2, 0.25) is 0 Å². The number of aromatic nitrogens is 2. The van der Waals surface area contributed by atoms with Gasteiger partial charge in [0.05, 0.1) is 10.2 Å². The Kier molecular flexibility index (Phi) is 5.99. The zero-order chi connectivity index (χ0) is 14.5. The van der Waals surface area contributed by atoms with Gasteiger partial charge in [-0.3, -0.25) is 0 Å². The van der Waals surface area contributed by atoms with Crippen LogP contribution >= 0.6 is 15.9 Å². The Hall–Kier alpha value is -0.890. The van der Waals surface area contributed by atoms with E-state index in [4.69, 9.17) is 0 Å². The van der Waals surface area contributed by atoms with Gasteiger partial charge in [-0.05, 0) is 29.3 Å². The van der Waals surface area contributed by atoms with E-state index >= 15 is 0 Å². The van der Waals surface area contributed by atoms with Crippen LogP contribution in [0.3, 0.4) is 0 Å². The van der Waals surface area contributed by atoms with E-state index in [9.17, 15) is 13.2 Å². The lowest BCUT2D eigenvalue weighted by Gasteiger charge is -2.12. The molecule has 1 N–H and O–H groups in total. The van der Waals surface area contributed by atoms with Crippen LogP contribution in [0.25, 0.3) is 0 Å². The maximum Gasteiger partial charge on any atom is 0.411 e. The van der Waals surface area contributed by atoms with E-state index in [2.05, 4.69) is 36.0 Å². The predicted octanol–water partition coefficient (Wildman–Crippen LogP) is 3.31. The molecule has 0 aliphatic carbocycles. The van der Waals surface area contributed by atoms with Gasteiger partial charge in [0, 0.05) is 6.54 Å². The molecule has 0 aliphatic rings. The first kappa shape index (κ1) is 16.2. The summed E-state index contributed by atoms with van der Waals surface area (Å²) in [4.78, 5) is 8.29. The Bertz CT molecular complexity index is 426. The second-order valence-corrected chi connectivity index (χ2v) is 4.53. The molecule has 0 amide bonds. The van der Waals surface area contributed by atoms with Gasteiger partial charge in [-0.15, -0.1) is 0 Å². The van der Waals surface area contributed by atoms with Crippen LogP contribution in [0.5, 0.6) is 0 Å². The van der Waals surface area contributed by atoms with Gasteiger partial charge in [0.25, 0.3) is 0 Å². The molecule has 0 aromatic carbocycles. The molecular formula is C11H15BrF3N3O. The van der Waals surface area contributed by atoms with Crippen molar-refractivity contribution in [3.8, 4) is 0 Å². The summed E-state index contributed by atoms with van der Waals surface area (Å²) < 4.78 is 41.2. The summed E-state index contributed by atoms with van der Waals surface area (Å²) in [6.45, 7) is 2.90. The van der Waals surface area contributed by atoms with E-state index in [1.54, 1.807) is 0 Å². The van der Waals surface area contributed by atoms with Crippen LogP contribution in [0.2, 0.25) is 0 Å². The van der Waals surface area contributed by atoms with E-state index in [1.165, 1.54) is 0 Å². The van der Waals surface area contributed by atoms with E-state index in [-0.39, 0.29) is 12.4 Å². The van der Waals surface area contributed by atoms with Gasteiger partial charge in [0.1, 0.15) is 19.0 Å². The molecule has 1 aromatic rings. The Morgan fingerprint density at radius 3 is 2.47 bits per heavy atom. The summed E-state index contributed by atoms with van der Waals surface area (Å²) in [6, 6.07) is 0. The highest BCUT2D eigenvalue weighted by atomic mass is 79.9. The molecule has 1 rings (SSSR count). The quantitative estimate of drug-likeness (QED) is 0.862. The Morgan fingerprint density at radius 1 is 1.26 bits per heavy atom. The number of ether oxygens (including phenoxy) is 1. The monoisotopic (exact) mass is 341 g/mol. The van der Waals surface area contributed by atoms with E-state index < -0.39 is 12.8 Å². The predicted molar refractivity (Wildman–Crippen MR) is 69.0 cm³/mol. The van der Waals surface area contributed by atoms with Crippen molar-refractivity contribution in [3.63, 3.8) is 0 Å². The number of rotatable bonds is 6. The Morgan fingerprint density at radius 2 is 1.95 bits per heavy atom. The highest BCUT2D eigenvalue weighted by Gasteiger charge is 2.27. The molecule has 0 bridgehead atoms. The van der Waals surface area contributed by atoms with Gasteiger partial charge in [-0.1, -0.05) is 6.92 Å². The van der Waals surface area contributed by atoms with E-state index in [0.717, 1.165) is 10.2 Å². The molecule has 1 aromatic heterocycles. The smallest absolute Gasteiger partial charge is 0.369 e. The number of aryl methyl sites for hydroxylation is 1. The summed E-state index contributed by atoms with van der Waals surface area (Å²) >= 11 is 3.37. The fourth-order valence-corrected chi connectivity index (χ4v) is 1.98. The third-order valence-corrected chi connectivity index (χ3v) is 2.98. The number of hydrogen-bond donors (Lipinski definition) is 1. The summed E-state index contributed by atoms with van der Waals surface area (Å²) in [5.74, 6) is 0.806. The lowest BCUT2D eigenvalue weighted by atomic mass is 10.3. The molecule has 0 aliphatic heterocycles. The van der Waals surface area contributed by atoms with Crippen molar-refractivity contribution in [1.29, 1.82) is 0 Å². The third-order valence-electron chi connectivity index (χ3n) is 2.14. The van der Waals surface area contributed by atoms with Crippen LogP contribution in [0, 0.1) is 0 Å². The van der Waals surface area contributed by atoms with E-state index in [0.29, 0.717) is 18.8 Å². The standard InChI is InChI=1S/C11H15BrF3N3O/c1-3-7-9(12)10(16-4-2)18-8(17-7)5-19-6-11(13,14)15/h3-6H2,1-2H3,(H,16,17,18). The minimum atomic E-state index is -4.34. The topological polar surface area (TPSA) is 47.0 Å². The first-order valence-electron chi connectivity index (χ1n) is 5.81. The first-order valence-corrected chi connectivity index (χ1v) is 6.60. The molecule has 19 heavy (non-hydrogen) atoms. The summed E-state index contributed by atoms with van der Waals surface area (Å²) in [7, 11) is 0. The maximum atomic E-state index is 12.0. The largest absolute Gasteiger partial charge is 0.411 e. The van der Waals surface area contributed by atoms with Crippen molar-refractivity contribution >= 4 is 21.7 Å². The molecular weight excluding hydrogens is 327 g/mol. The van der Waals surface area contributed by atoms with Gasteiger partial charge in [-0.25, -0.2) is 9.97 Å². The molecule has 0 radical (unpaired) electrons. The lowest BCUT2D eigenvalue weighted by molar-refractivity contribution is -0.177. The molecule has 0 fully saturated rings. The van der Waals surface area contributed by atoms with Crippen LogP contribution < -0.4 is 5.32 Å². The fourth-order valence-electron chi connectivity index (χ4n) is 1.39. The van der Waals surface area contributed by atoms with Crippen LogP contribution in [0.4, 0.5) is 19.0 Å².